The maximum Gasteiger partial charge on any atom is 0.195 e. The van der Waals surface area contributed by atoms with Crippen LogP contribution in [0.25, 0.3) is 0 Å². The van der Waals surface area contributed by atoms with E-state index in [4.69, 9.17) is 17.0 Å². The zero-order valence-electron chi connectivity index (χ0n) is 10.8. The fourth-order valence-corrected chi connectivity index (χ4v) is 2.78. The molecule has 1 unspecified atom stereocenters. The monoisotopic (exact) mass is 255 g/mol. The van der Waals surface area contributed by atoms with Crippen molar-refractivity contribution in [3.63, 3.8) is 0 Å². The van der Waals surface area contributed by atoms with E-state index in [2.05, 4.69) is 35.5 Å². The van der Waals surface area contributed by atoms with Gasteiger partial charge in [-0.3, -0.25) is 9.67 Å². The number of nitrogens with zero attached hydrogens (tertiary/aromatic N) is 2. The van der Waals surface area contributed by atoms with E-state index in [1.807, 2.05) is 0 Å². The molecule has 1 aliphatic rings. The lowest BCUT2D eigenvalue weighted by Crippen LogP contribution is -2.25. The Morgan fingerprint density at radius 2 is 2.29 bits per heavy atom. The second kappa shape index (κ2) is 4.90. The highest BCUT2D eigenvalue weighted by Crippen LogP contribution is 2.20. The second-order valence-electron chi connectivity index (χ2n) is 5.62. The number of rotatable bonds is 3. The van der Waals surface area contributed by atoms with E-state index >= 15 is 0 Å². The minimum atomic E-state index is -0.0179. The predicted octanol–water partition coefficient (Wildman–Crippen LogP) is 2.81. The minimum Gasteiger partial charge on any atom is -0.378 e. The van der Waals surface area contributed by atoms with Crippen LogP contribution in [0.2, 0.25) is 0 Å². The molecule has 96 valence electrons. The number of hydrogen-bond acceptors (Lipinski definition) is 3. The van der Waals surface area contributed by atoms with Crippen molar-refractivity contribution in [2.24, 2.45) is 0 Å². The summed E-state index contributed by atoms with van der Waals surface area (Å²) in [6.07, 6.45) is 4.75. The molecule has 1 aromatic heterocycles. The molecular formula is C12H21N3OS. The van der Waals surface area contributed by atoms with Crippen molar-refractivity contribution < 1.29 is 4.74 Å². The second-order valence-corrected chi connectivity index (χ2v) is 6.01. The van der Waals surface area contributed by atoms with E-state index < -0.39 is 0 Å². The van der Waals surface area contributed by atoms with Crippen molar-refractivity contribution >= 4 is 12.2 Å². The molecule has 1 aliphatic heterocycles. The third-order valence-electron chi connectivity index (χ3n) is 3.13. The van der Waals surface area contributed by atoms with E-state index in [-0.39, 0.29) is 5.54 Å². The summed E-state index contributed by atoms with van der Waals surface area (Å²) in [6, 6.07) is 0. The van der Waals surface area contributed by atoms with Gasteiger partial charge in [-0.15, -0.1) is 0 Å². The van der Waals surface area contributed by atoms with E-state index in [0.29, 0.717) is 10.9 Å². The largest absolute Gasteiger partial charge is 0.378 e. The molecule has 0 radical (unpaired) electrons. The molecule has 5 heteroatoms. The van der Waals surface area contributed by atoms with Crippen molar-refractivity contribution in [1.82, 2.24) is 14.8 Å². The Balaban J connectivity index is 2.08. The molecule has 4 nitrogen and oxygen atoms in total. The lowest BCUT2D eigenvalue weighted by Gasteiger charge is -2.22. The molecule has 0 bridgehead atoms. The molecule has 0 spiro atoms. The molecule has 0 saturated carbocycles. The summed E-state index contributed by atoms with van der Waals surface area (Å²) in [6.45, 7) is 7.35. The maximum atomic E-state index is 5.63. The zero-order valence-corrected chi connectivity index (χ0v) is 11.6. The lowest BCUT2D eigenvalue weighted by atomic mass is 10.1. The average molecular weight is 255 g/mol. The van der Waals surface area contributed by atoms with Crippen LogP contribution in [0, 0.1) is 4.77 Å². The molecule has 17 heavy (non-hydrogen) atoms. The fourth-order valence-electron chi connectivity index (χ4n) is 2.35. The fraction of sp³-hybridized carbons (Fsp3) is 0.833. The first-order chi connectivity index (χ1) is 7.98. The van der Waals surface area contributed by atoms with Crippen molar-refractivity contribution in [2.75, 3.05) is 6.61 Å². The van der Waals surface area contributed by atoms with Gasteiger partial charge in [-0.1, -0.05) is 0 Å². The maximum absolute atomic E-state index is 5.63. The summed E-state index contributed by atoms with van der Waals surface area (Å²) in [5.74, 6) is 1.04. The van der Waals surface area contributed by atoms with Gasteiger partial charge < -0.3 is 4.74 Å². The Kier molecular flexibility index (Phi) is 3.68. The normalized spacial score (nSPS) is 21.0. The number of aryl methyl sites for hydroxylation is 1. The first-order valence-electron chi connectivity index (χ1n) is 6.27. The van der Waals surface area contributed by atoms with Crippen LogP contribution in [0.1, 0.15) is 45.9 Å². The van der Waals surface area contributed by atoms with E-state index in [1.54, 1.807) is 0 Å². The predicted molar refractivity (Wildman–Crippen MR) is 69.7 cm³/mol. The first-order valence-corrected chi connectivity index (χ1v) is 6.67. The lowest BCUT2D eigenvalue weighted by molar-refractivity contribution is 0.103. The van der Waals surface area contributed by atoms with Crippen LogP contribution in [0.15, 0.2) is 0 Å². The molecule has 0 amide bonds. The molecular weight excluding hydrogens is 234 g/mol. The van der Waals surface area contributed by atoms with Gasteiger partial charge in [0.2, 0.25) is 0 Å². The summed E-state index contributed by atoms with van der Waals surface area (Å²) in [4.78, 5) is 0. The standard InChI is InChI=1S/C12H21N3OS/c1-12(2,3)15-10(13-14-11(15)17)7-6-9-5-4-8-16-9/h9H,4-8H2,1-3H3,(H,14,17). The first kappa shape index (κ1) is 12.8. The number of nitrogens with one attached hydrogen (secondary N) is 1. The molecule has 2 rings (SSSR count). The zero-order chi connectivity index (χ0) is 12.5. The Bertz CT molecular complexity index is 424. The van der Waals surface area contributed by atoms with Crippen molar-refractivity contribution in [3.05, 3.63) is 10.6 Å². The van der Waals surface area contributed by atoms with Crippen LogP contribution in [0.5, 0.6) is 0 Å². The Morgan fingerprint density at radius 3 is 2.88 bits per heavy atom. The Hall–Kier alpha value is -0.680. The molecule has 1 N–H and O–H groups in total. The van der Waals surface area contributed by atoms with Gasteiger partial charge in [0.1, 0.15) is 5.82 Å². The highest BCUT2D eigenvalue weighted by atomic mass is 32.1. The summed E-state index contributed by atoms with van der Waals surface area (Å²) in [5.41, 5.74) is -0.0179. The van der Waals surface area contributed by atoms with Gasteiger partial charge in [-0.25, -0.2) is 0 Å². The summed E-state index contributed by atoms with van der Waals surface area (Å²) >= 11 is 5.28. The third-order valence-corrected chi connectivity index (χ3v) is 3.40. The molecule has 0 aromatic carbocycles. The van der Waals surface area contributed by atoms with Crippen LogP contribution >= 0.6 is 12.2 Å². The summed E-state index contributed by atoms with van der Waals surface area (Å²) in [7, 11) is 0. The van der Waals surface area contributed by atoms with Crippen molar-refractivity contribution in [3.8, 4) is 0 Å². The molecule has 1 atom stereocenters. The van der Waals surface area contributed by atoms with Crippen LogP contribution in [0.4, 0.5) is 0 Å². The van der Waals surface area contributed by atoms with Gasteiger partial charge in [-0.2, -0.15) is 5.10 Å². The third kappa shape index (κ3) is 2.96. The average Bonchev–Trinajstić information content (AvgIpc) is 2.82. The molecule has 1 fully saturated rings. The van der Waals surface area contributed by atoms with Crippen molar-refractivity contribution in [2.45, 2.75) is 58.1 Å². The van der Waals surface area contributed by atoms with Crippen LogP contribution in [-0.4, -0.2) is 27.5 Å². The van der Waals surface area contributed by atoms with E-state index in [1.165, 1.54) is 12.8 Å². The van der Waals surface area contributed by atoms with Crippen LogP contribution in [0.3, 0.4) is 0 Å². The SMILES string of the molecule is CC(C)(C)n1c(CCC2CCCO2)n[nH]c1=S. The molecule has 1 aromatic rings. The van der Waals surface area contributed by atoms with Crippen LogP contribution < -0.4 is 0 Å². The van der Waals surface area contributed by atoms with Gasteiger partial charge in [0.15, 0.2) is 4.77 Å². The van der Waals surface area contributed by atoms with Crippen molar-refractivity contribution in [1.29, 1.82) is 0 Å². The number of ether oxygens (including phenoxy) is 1. The number of H-pyrrole nitrogens is 1. The van der Waals surface area contributed by atoms with Gasteiger partial charge in [0, 0.05) is 18.6 Å². The molecule has 2 heterocycles. The van der Waals surface area contributed by atoms with Gasteiger partial charge in [0.05, 0.1) is 6.10 Å². The quantitative estimate of drug-likeness (QED) is 0.845. The smallest absolute Gasteiger partial charge is 0.195 e. The Morgan fingerprint density at radius 1 is 1.53 bits per heavy atom. The highest BCUT2D eigenvalue weighted by molar-refractivity contribution is 7.71. The van der Waals surface area contributed by atoms with Gasteiger partial charge >= 0.3 is 0 Å². The summed E-state index contributed by atoms with van der Waals surface area (Å²) < 4.78 is 8.45. The molecule has 0 aliphatic carbocycles. The topological polar surface area (TPSA) is 42.8 Å². The highest BCUT2D eigenvalue weighted by Gasteiger charge is 2.21. The Labute approximate surface area is 107 Å². The minimum absolute atomic E-state index is 0.0179. The van der Waals surface area contributed by atoms with Gasteiger partial charge in [-0.05, 0) is 52.3 Å². The number of aromatic nitrogens is 3. The number of hydrogen-bond donors (Lipinski definition) is 1. The number of aromatic amines is 1. The van der Waals surface area contributed by atoms with E-state index in [9.17, 15) is 0 Å². The van der Waals surface area contributed by atoms with E-state index in [0.717, 1.165) is 25.3 Å². The van der Waals surface area contributed by atoms with Crippen LogP contribution in [-0.2, 0) is 16.7 Å². The van der Waals surface area contributed by atoms with Gasteiger partial charge in [0.25, 0.3) is 0 Å². The summed E-state index contributed by atoms with van der Waals surface area (Å²) in [5, 5.41) is 7.23. The molecule has 1 saturated heterocycles.